The van der Waals surface area contributed by atoms with E-state index in [1.807, 2.05) is 0 Å². The van der Waals surface area contributed by atoms with Crippen LogP contribution in [0.4, 0.5) is 0 Å². The molecule has 0 spiro atoms. The van der Waals surface area contributed by atoms with Gasteiger partial charge in [-0.3, -0.25) is 4.79 Å². The van der Waals surface area contributed by atoms with Crippen molar-refractivity contribution in [2.45, 2.75) is 63.7 Å². The molecular formula is C19H33NO3Si. The van der Waals surface area contributed by atoms with Gasteiger partial charge < -0.3 is 15.5 Å². The van der Waals surface area contributed by atoms with Crippen LogP contribution in [0.5, 0.6) is 0 Å². The summed E-state index contributed by atoms with van der Waals surface area (Å²) >= 11 is 0. The van der Waals surface area contributed by atoms with Crippen molar-refractivity contribution < 1.29 is 15.0 Å². The number of rotatable bonds is 11. The zero-order valence-corrected chi connectivity index (χ0v) is 16.3. The highest BCUT2D eigenvalue weighted by molar-refractivity contribution is 6.90. The van der Waals surface area contributed by atoms with Crippen LogP contribution < -0.4 is 10.5 Å². The van der Waals surface area contributed by atoms with Gasteiger partial charge in [-0.1, -0.05) is 80.3 Å². The highest BCUT2D eigenvalue weighted by Crippen LogP contribution is 2.24. The van der Waals surface area contributed by atoms with Crippen LogP contribution in [0.15, 0.2) is 30.3 Å². The van der Waals surface area contributed by atoms with Gasteiger partial charge >= 0.3 is 0 Å². The first kappa shape index (κ1) is 20.9. The summed E-state index contributed by atoms with van der Waals surface area (Å²) in [4.78, 5) is 11.4. The first-order valence-corrected chi connectivity index (χ1v) is 11.9. The van der Waals surface area contributed by atoms with Gasteiger partial charge in [0.05, 0.1) is 26.8 Å². The topological polar surface area (TPSA) is 69.6 Å². The Morgan fingerprint density at radius 3 is 2.21 bits per heavy atom. The Morgan fingerprint density at radius 1 is 1.12 bits per heavy atom. The van der Waals surface area contributed by atoms with E-state index >= 15 is 0 Å². The van der Waals surface area contributed by atoms with E-state index in [0.717, 1.165) is 12.5 Å². The highest BCUT2D eigenvalue weighted by atomic mass is 28.3. The molecule has 1 aromatic rings. The van der Waals surface area contributed by atoms with Crippen molar-refractivity contribution in [1.29, 1.82) is 0 Å². The molecular weight excluding hydrogens is 318 g/mol. The third-order valence-electron chi connectivity index (χ3n) is 4.98. The van der Waals surface area contributed by atoms with Crippen LogP contribution in [0, 0.1) is 0 Å². The molecule has 0 aliphatic heterocycles. The molecule has 1 unspecified atom stereocenters. The molecule has 0 saturated heterocycles. The van der Waals surface area contributed by atoms with Crippen LogP contribution in [0.3, 0.4) is 0 Å². The molecule has 0 bridgehead atoms. The van der Waals surface area contributed by atoms with Gasteiger partial charge in [-0.2, -0.15) is 0 Å². The quantitative estimate of drug-likeness (QED) is 0.536. The van der Waals surface area contributed by atoms with Crippen LogP contribution in [0.2, 0.25) is 18.6 Å². The van der Waals surface area contributed by atoms with Gasteiger partial charge in [0.2, 0.25) is 5.91 Å². The summed E-state index contributed by atoms with van der Waals surface area (Å²) in [5.74, 6) is -0.216. The number of aliphatic hydroxyl groups is 2. The maximum Gasteiger partial charge on any atom is 0.217 e. The van der Waals surface area contributed by atoms with E-state index in [4.69, 9.17) is 0 Å². The standard InChI is InChI=1S/C19H33NO3Si/c1-4-5-13-24(3,18-10-7-6-8-11-18)14-9-12-19(15-21,16-22)20-17(2)23/h6-8,10-11,21-22H,4-5,9,12-16H2,1-3H3,(H,20,23). The first-order chi connectivity index (χ1) is 11.4. The zero-order chi connectivity index (χ0) is 18.1. The molecule has 1 rings (SSSR count). The Balaban J connectivity index is 2.79. The summed E-state index contributed by atoms with van der Waals surface area (Å²) in [5, 5.41) is 23.5. The first-order valence-electron chi connectivity index (χ1n) is 8.97. The molecule has 136 valence electrons. The number of amides is 1. The fourth-order valence-corrected chi connectivity index (χ4v) is 7.28. The number of unbranched alkanes of at least 4 members (excludes halogenated alkanes) is 1. The molecule has 3 N–H and O–H groups in total. The summed E-state index contributed by atoms with van der Waals surface area (Å²) in [5.41, 5.74) is -0.900. The molecule has 5 heteroatoms. The SMILES string of the molecule is CCCC[Si](C)(CCCC(CO)(CO)NC(C)=O)c1ccccc1. The van der Waals surface area contributed by atoms with Crippen LogP contribution >= 0.6 is 0 Å². The van der Waals surface area contributed by atoms with Gasteiger partial charge in [-0.15, -0.1) is 0 Å². The molecule has 0 saturated carbocycles. The van der Waals surface area contributed by atoms with E-state index in [1.165, 1.54) is 31.0 Å². The van der Waals surface area contributed by atoms with Crippen LogP contribution in [0.1, 0.15) is 39.5 Å². The van der Waals surface area contributed by atoms with Crippen LogP contribution in [-0.2, 0) is 4.79 Å². The van der Waals surface area contributed by atoms with Gasteiger partial charge in [0.15, 0.2) is 0 Å². The largest absolute Gasteiger partial charge is 0.394 e. The number of hydrogen-bond donors (Lipinski definition) is 3. The van der Waals surface area contributed by atoms with Crippen molar-refractivity contribution in [2.24, 2.45) is 0 Å². The average molecular weight is 352 g/mol. The van der Waals surface area contributed by atoms with E-state index in [0.29, 0.717) is 6.42 Å². The Kier molecular flexibility index (Phi) is 8.66. The molecule has 1 atom stereocenters. The van der Waals surface area contributed by atoms with Crippen molar-refractivity contribution in [3.8, 4) is 0 Å². The Morgan fingerprint density at radius 2 is 1.71 bits per heavy atom. The molecule has 0 aromatic heterocycles. The zero-order valence-electron chi connectivity index (χ0n) is 15.3. The van der Waals surface area contributed by atoms with Gasteiger partial charge in [0.25, 0.3) is 0 Å². The van der Waals surface area contributed by atoms with E-state index in [9.17, 15) is 15.0 Å². The van der Waals surface area contributed by atoms with Crippen molar-refractivity contribution in [2.75, 3.05) is 13.2 Å². The van der Waals surface area contributed by atoms with E-state index in [-0.39, 0.29) is 19.1 Å². The minimum atomic E-state index is -1.59. The lowest BCUT2D eigenvalue weighted by Gasteiger charge is -2.33. The lowest BCUT2D eigenvalue weighted by molar-refractivity contribution is -0.122. The van der Waals surface area contributed by atoms with Crippen molar-refractivity contribution in [3.63, 3.8) is 0 Å². The van der Waals surface area contributed by atoms with Crippen molar-refractivity contribution in [3.05, 3.63) is 30.3 Å². The number of carbonyl (C=O) groups excluding carboxylic acids is 1. The lowest BCUT2D eigenvalue weighted by atomic mass is 9.95. The average Bonchev–Trinajstić information content (AvgIpc) is 2.59. The maximum absolute atomic E-state index is 11.4. The van der Waals surface area contributed by atoms with Gasteiger partial charge in [-0.05, 0) is 6.42 Å². The van der Waals surface area contributed by atoms with Crippen molar-refractivity contribution in [1.82, 2.24) is 5.32 Å². The second-order valence-corrected chi connectivity index (χ2v) is 11.9. The second kappa shape index (κ2) is 9.96. The third kappa shape index (κ3) is 6.04. The predicted molar refractivity (Wildman–Crippen MR) is 102 cm³/mol. The maximum atomic E-state index is 11.4. The number of carbonyl (C=O) groups is 1. The predicted octanol–water partition coefficient (Wildman–Crippen LogP) is 2.41. The van der Waals surface area contributed by atoms with Crippen LogP contribution in [0.25, 0.3) is 0 Å². The third-order valence-corrected chi connectivity index (χ3v) is 9.62. The highest BCUT2D eigenvalue weighted by Gasteiger charge is 2.33. The van der Waals surface area contributed by atoms with Gasteiger partial charge in [0.1, 0.15) is 0 Å². The van der Waals surface area contributed by atoms with Gasteiger partial charge in [0, 0.05) is 6.92 Å². The van der Waals surface area contributed by atoms with E-state index in [1.54, 1.807) is 0 Å². The minimum Gasteiger partial charge on any atom is -0.394 e. The normalized spacial score (nSPS) is 14.2. The smallest absolute Gasteiger partial charge is 0.217 e. The summed E-state index contributed by atoms with van der Waals surface area (Å²) < 4.78 is 0. The summed E-state index contributed by atoms with van der Waals surface area (Å²) in [6.07, 6.45) is 3.91. The van der Waals surface area contributed by atoms with Crippen LogP contribution in [-0.4, -0.2) is 42.9 Å². The molecule has 4 nitrogen and oxygen atoms in total. The fourth-order valence-electron chi connectivity index (χ4n) is 3.36. The molecule has 24 heavy (non-hydrogen) atoms. The second-order valence-electron chi connectivity index (χ2n) is 7.16. The van der Waals surface area contributed by atoms with Gasteiger partial charge in [-0.25, -0.2) is 0 Å². The molecule has 1 amide bonds. The monoisotopic (exact) mass is 351 g/mol. The van der Waals surface area contributed by atoms with E-state index in [2.05, 4.69) is 49.1 Å². The molecule has 1 aromatic carbocycles. The fraction of sp³-hybridized carbons (Fsp3) is 0.632. The molecule has 0 aliphatic rings. The number of hydrogen-bond acceptors (Lipinski definition) is 3. The lowest BCUT2D eigenvalue weighted by Crippen LogP contribution is -2.54. The molecule has 0 heterocycles. The Hall–Kier alpha value is -1.17. The summed E-state index contributed by atoms with van der Waals surface area (Å²) in [6.45, 7) is 5.60. The summed E-state index contributed by atoms with van der Waals surface area (Å²) in [7, 11) is -1.59. The molecule has 0 fully saturated rings. The van der Waals surface area contributed by atoms with Crippen molar-refractivity contribution >= 4 is 19.2 Å². The molecule has 0 aliphatic carbocycles. The number of benzene rings is 1. The Bertz CT molecular complexity index is 491. The number of nitrogens with one attached hydrogen (secondary N) is 1. The molecule has 0 radical (unpaired) electrons. The van der Waals surface area contributed by atoms with E-state index < -0.39 is 13.6 Å². The summed E-state index contributed by atoms with van der Waals surface area (Å²) in [6, 6.07) is 13.1. The number of aliphatic hydroxyl groups excluding tert-OH is 2. The minimum absolute atomic E-state index is 0.216. The Labute approximate surface area is 147 Å².